The Bertz CT molecular complexity index is 1410. The lowest BCUT2D eigenvalue weighted by Crippen LogP contribution is -2.44. The second kappa shape index (κ2) is 5.91. The van der Waals surface area contributed by atoms with Crippen LogP contribution in [0.3, 0.4) is 0 Å². The molecule has 31 heavy (non-hydrogen) atoms. The van der Waals surface area contributed by atoms with Crippen LogP contribution in [-0.2, 0) is 41.1 Å². The molecule has 8 heteroatoms. The molecule has 0 saturated carbocycles. The van der Waals surface area contributed by atoms with Crippen LogP contribution in [0.5, 0.6) is 0 Å². The van der Waals surface area contributed by atoms with Crippen molar-refractivity contribution in [3.63, 3.8) is 0 Å². The van der Waals surface area contributed by atoms with E-state index in [1.54, 1.807) is 17.6 Å². The van der Waals surface area contributed by atoms with Crippen molar-refractivity contribution in [3.05, 3.63) is 56.1 Å². The molecule has 2 aromatic heterocycles. The summed E-state index contributed by atoms with van der Waals surface area (Å²) in [6, 6.07) is 3.03. The number of pyridine rings is 2. The molecule has 3 N–H and O–H groups in total. The lowest BCUT2D eigenvalue weighted by molar-refractivity contribution is -0.172. The average molecular weight is 421 g/mol. The first-order valence-corrected chi connectivity index (χ1v) is 10.4. The van der Waals surface area contributed by atoms with E-state index in [0.717, 1.165) is 34.9 Å². The summed E-state index contributed by atoms with van der Waals surface area (Å²) in [5.41, 5.74) is 8.97. The van der Waals surface area contributed by atoms with Gasteiger partial charge in [0.1, 0.15) is 12.4 Å². The Kier molecular flexibility index (Phi) is 3.53. The normalized spacial score (nSPS) is 20.9. The molecule has 1 aromatic carbocycles. The van der Waals surface area contributed by atoms with E-state index in [4.69, 9.17) is 15.5 Å². The van der Waals surface area contributed by atoms with Gasteiger partial charge in [0, 0.05) is 22.6 Å². The molecule has 7 nitrogen and oxygen atoms in total. The lowest BCUT2D eigenvalue weighted by atomic mass is 9.85. The molecule has 1 aliphatic carbocycles. The minimum atomic E-state index is -1.87. The Balaban J connectivity index is 1.68. The van der Waals surface area contributed by atoms with Gasteiger partial charge in [-0.15, -0.1) is 0 Å². The van der Waals surface area contributed by atoms with Gasteiger partial charge in [0.15, 0.2) is 5.60 Å². The summed E-state index contributed by atoms with van der Waals surface area (Å²) in [6.45, 7) is 1.84. The summed E-state index contributed by atoms with van der Waals surface area (Å²) in [7, 11) is 0. The second-order valence-electron chi connectivity index (χ2n) is 8.52. The van der Waals surface area contributed by atoms with E-state index in [-0.39, 0.29) is 35.4 Å². The SMILES string of the molecule is CCC1(O)C(=O)OCc2c1cc1n(c2=O)Cc2c-1nc1cc(F)c(N)c3c1c2CCC3. The van der Waals surface area contributed by atoms with Crippen molar-refractivity contribution < 1.29 is 19.0 Å². The van der Waals surface area contributed by atoms with Gasteiger partial charge in [-0.2, -0.15) is 0 Å². The number of esters is 1. The molecular weight excluding hydrogens is 401 g/mol. The number of rotatable bonds is 1. The van der Waals surface area contributed by atoms with Crippen molar-refractivity contribution >= 4 is 22.6 Å². The molecule has 4 heterocycles. The van der Waals surface area contributed by atoms with Crippen LogP contribution in [0.4, 0.5) is 10.1 Å². The zero-order chi connectivity index (χ0) is 21.7. The summed E-state index contributed by atoms with van der Waals surface area (Å²) in [6.07, 6.45) is 2.41. The van der Waals surface area contributed by atoms with E-state index in [0.29, 0.717) is 29.9 Å². The maximum Gasteiger partial charge on any atom is 0.343 e. The van der Waals surface area contributed by atoms with Gasteiger partial charge in [-0.3, -0.25) is 4.79 Å². The van der Waals surface area contributed by atoms with Crippen LogP contribution in [-0.4, -0.2) is 20.6 Å². The van der Waals surface area contributed by atoms with Crippen LogP contribution in [0.15, 0.2) is 16.9 Å². The number of carbonyl (C=O) groups excluding carboxylic acids is 1. The highest BCUT2D eigenvalue weighted by Gasteiger charge is 2.45. The number of aliphatic hydroxyl groups is 1. The third-order valence-corrected chi connectivity index (χ3v) is 7.04. The summed E-state index contributed by atoms with van der Waals surface area (Å²) in [5, 5.41) is 11.9. The largest absolute Gasteiger partial charge is 0.458 e. The van der Waals surface area contributed by atoms with Gasteiger partial charge in [0.2, 0.25) is 0 Å². The van der Waals surface area contributed by atoms with E-state index < -0.39 is 17.4 Å². The fourth-order valence-electron chi connectivity index (χ4n) is 5.38. The molecule has 2 aliphatic heterocycles. The summed E-state index contributed by atoms with van der Waals surface area (Å²) in [4.78, 5) is 30.4. The Morgan fingerprint density at radius 2 is 2.00 bits per heavy atom. The number of nitrogen functional groups attached to an aromatic ring is 1. The van der Waals surface area contributed by atoms with Crippen molar-refractivity contribution in [2.45, 2.75) is 51.4 Å². The van der Waals surface area contributed by atoms with Crippen LogP contribution in [0.25, 0.3) is 22.3 Å². The highest BCUT2D eigenvalue weighted by molar-refractivity contribution is 5.94. The molecule has 0 spiro atoms. The highest BCUT2D eigenvalue weighted by Crippen LogP contribution is 2.43. The van der Waals surface area contributed by atoms with Crippen molar-refractivity contribution in [1.29, 1.82) is 0 Å². The number of cyclic esters (lactones) is 1. The van der Waals surface area contributed by atoms with Crippen molar-refractivity contribution in [2.75, 3.05) is 5.73 Å². The standard InChI is InChI=1S/C23H20FN3O4/c1-2-23(30)14-6-17-20-12(8-27(17)21(28)13(14)9-31-22(23)29)10-4-3-5-11-18(10)16(26-20)7-15(24)19(11)25/h6-7,30H,2-5,8-9,25H2,1H3. The van der Waals surface area contributed by atoms with Gasteiger partial charge in [0.05, 0.1) is 34.7 Å². The first kappa shape index (κ1) is 18.5. The number of benzene rings is 1. The van der Waals surface area contributed by atoms with Gasteiger partial charge in [-0.25, -0.2) is 14.2 Å². The maximum atomic E-state index is 14.5. The van der Waals surface area contributed by atoms with Crippen LogP contribution in [0.2, 0.25) is 0 Å². The molecule has 0 radical (unpaired) electrons. The van der Waals surface area contributed by atoms with Gasteiger partial charge in [-0.1, -0.05) is 6.92 Å². The third kappa shape index (κ3) is 2.18. The Labute approximate surface area is 176 Å². The first-order chi connectivity index (χ1) is 14.8. The number of halogens is 1. The fourth-order valence-corrected chi connectivity index (χ4v) is 5.38. The Morgan fingerprint density at radius 3 is 2.77 bits per heavy atom. The van der Waals surface area contributed by atoms with Gasteiger partial charge in [-0.05, 0) is 42.9 Å². The van der Waals surface area contributed by atoms with E-state index >= 15 is 0 Å². The second-order valence-corrected chi connectivity index (χ2v) is 8.52. The number of hydrogen-bond donors (Lipinski definition) is 2. The number of aromatic nitrogens is 2. The molecule has 3 aromatic rings. The molecule has 0 amide bonds. The Morgan fingerprint density at radius 1 is 1.23 bits per heavy atom. The summed E-state index contributed by atoms with van der Waals surface area (Å²) >= 11 is 0. The molecule has 0 saturated heterocycles. The van der Waals surface area contributed by atoms with Crippen molar-refractivity contribution in [2.24, 2.45) is 0 Å². The predicted octanol–water partition coefficient (Wildman–Crippen LogP) is 2.29. The number of nitrogens with two attached hydrogens (primary N) is 1. The van der Waals surface area contributed by atoms with E-state index in [1.165, 1.54) is 6.07 Å². The van der Waals surface area contributed by atoms with Crippen LogP contribution < -0.4 is 11.3 Å². The summed E-state index contributed by atoms with van der Waals surface area (Å²) < 4.78 is 21.2. The number of carbonyl (C=O) groups is 1. The van der Waals surface area contributed by atoms with Gasteiger partial charge < -0.3 is 20.1 Å². The molecule has 158 valence electrons. The Hall–Kier alpha value is -3.26. The molecule has 0 fully saturated rings. The molecule has 3 aliphatic rings. The van der Waals surface area contributed by atoms with Gasteiger partial charge >= 0.3 is 5.97 Å². The predicted molar refractivity (Wildman–Crippen MR) is 111 cm³/mol. The zero-order valence-corrected chi connectivity index (χ0v) is 16.9. The number of ether oxygens (including phenoxy) is 1. The van der Waals surface area contributed by atoms with Crippen molar-refractivity contribution in [1.82, 2.24) is 9.55 Å². The molecule has 6 rings (SSSR count). The van der Waals surface area contributed by atoms with Gasteiger partial charge in [0.25, 0.3) is 5.56 Å². The number of anilines is 1. The minimum Gasteiger partial charge on any atom is -0.458 e. The van der Waals surface area contributed by atoms with Crippen LogP contribution in [0.1, 0.15) is 47.6 Å². The molecular formula is C23H20FN3O4. The van der Waals surface area contributed by atoms with Crippen molar-refractivity contribution in [3.8, 4) is 11.4 Å². The fraction of sp³-hybridized carbons (Fsp3) is 0.348. The number of aryl methyl sites for hydroxylation is 2. The molecule has 0 bridgehead atoms. The van der Waals surface area contributed by atoms with E-state index in [1.807, 2.05) is 0 Å². The molecule has 1 atom stereocenters. The highest BCUT2D eigenvalue weighted by atomic mass is 19.1. The number of fused-ring (bicyclic) bond motifs is 5. The summed E-state index contributed by atoms with van der Waals surface area (Å²) in [5.74, 6) is -1.25. The number of nitrogens with zero attached hydrogens (tertiary/aromatic N) is 2. The smallest absolute Gasteiger partial charge is 0.343 e. The average Bonchev–Trinajstić information content (AvgIpc) is 3.14. The third-order valence-electron chi connectivity index (χ3n) is 7.04. The van der Waals surface area contributed by atoms with Crippen LogP contribution >= 0.6 is 0 Å². The minimum absolute atomic E-state index is 0.0822. The monoisotopic (exact) mass is 421 g/mol. The quantitative estimate of drug-likeness (QED) is 0.361. The number of hydrogen-bond acceptors (Lipinski definition) is 6. The van der Waals surface area contributed by atoms with E-state index in [9.17, 15) is 19.1 Å². The van der Waals surface area contributed by atoms with E-state index in [2.05, 4.69) is 0 Å². The molecule has 1 unspecified atom stereocenters. The lowest BCUT2D eigenvalue weighted by Gasteiger charge is -2.31. The first-order valence-electron chi connectivity index (χ1n) is 10.4. The maximum absolute atomic E-state index is 14.5. The van der Waals surface area contributed by atoms with Crippen LogP contribution in [0, 0.1) is 5.82 Å². The topological polar surface area (TPSA) is 107 Å². The zero-order valence-electron chi connectivity index (χ0n) is 16.9.